The molecule has 162 valence electrons. The Kier molecular flexibility index (Phi) is 6.42. The van der Waals surface area contributed by atoms with Crippen LogP contribution in [0, 0.1) is 0 Å². The zero-order valence-corrected chi connectivity index (χ0v) is 18.3. The molecular weight excluding hydrogens is 418 g/mol. The molecule has 1 amide bonds. The Morgan fingerprint density at radius 3 is 2.65 bits per heavy atom. The number of piperidine rings is 1. The summed E-state index contributed by atoms with van der Waals surface area (Å²) in [5, 5.41) is 4.72. The topological polar surface area (TPSA) is 77.7 Å². The van der Waals surface area contributed by atoms with Crippen LogP contribution >= 0.6 is 11.6 Å². The minimum atomic E-state index is 0.0633. The first kappa shape index (κ1) is 21.2. The van der Waals surface area contributed by atoms with Crippen LogP contribution < -0.4 is 9.47 Å². The van der Waals surface area contributed by atoms with Crippen molar-refractivity contribution in [2.45, 2.75) is 25.2 Å². The highest BCUT2D eigenvalue weighted by Gasteiger charge is 2.28. The van der Waals surface area contributed by atoms with Gasteiger partial charge in [0.1, 0.15) is 11.5 Å². The van der Waals surface area contributed by atoms with E-state index in [9.17, 15) is 4.79 Å². The van der Waals surface area contributed by atoms with Crippen LogP contribution in [0.4, 0.5) is 0 Å². The summed E-state index contributed by atoms with van der Waals surface area (Å²) in [7, 11) is 3.20. The summed E-state index contributed by atoms with van der Waals surface area (Å²) in [5.41, 5.74) is 1.57. The fraction of sp³-hybridized carbons (Fsp3) is 0.348. The number of rotatable bonds is 6. The minimum absolute atomic E-state index is 0.0633. The van der Waals surface area contributed by atoms with Crippen molar-refractivity contribution in [2.24, 2.45) is 0 Å². The molecular formula is C23H24ClN3O4. The van der Waals surface area contributed by atoms with Crippen molar-refractivity contribution >= 4 is 17.5 Å². The number of amides is 1. The molecule has 1 saturated heterocycles. The number of benzene rings is 2. The van der Waals surface area contributed by atoms with Crippen molar-refractivity contribution < 1.29 is 18.8 Å². The Balaban J connectivity index is 1.37. The molecule has 7 nitrogen and oxygen atoms in total. The third-order valence-corrected chi connectivity index (χ3v) is 5.95. The molecule has 0 spiro atoms. The van der Waals surface area contributed by atoms with Crippen molar-refractivity contribution in [1.29, 1.82) is 0 Å². The number of para-hydroxylation sites is 1. The Bertz CT molecular complexity index is 1060. The van der Waals surface area contributed by atoms with Gasteiger partial charge in [-0.3, -0.25) is 4.79 Å². The van der Waals surface area contributed by atoms with Gasteiger partial charge in [-0.05, 0) is 42.7 Å². The predicted molar refractivity (Wildman–Crippen MR) is 117 cm³/mol. The average Bonchev–Trinajstić information content (AvgIpc) is 3.30. The third kappa shape index (κ3) is 4.66. The number of halogens is 1. The second-order valence-corrected chi connectivity index (χ2v) is 7.85. The van der Waals surface area contributed by atoms with E-state index in [0.717, 1.165) is 24.0 Å². The van der Waals surface area contributed by atoms with E-state index >= 15 is 0 Å². The number of likely N-dealkylation sites (tertiary alicyclic amines) is 1. The van der Waals surface area contributed by atoms with E-state index in [4.69, 9.17) is 25.6 Å². The highest BCUT2D eigenvalue weighted by atomic mass is 35.5. The van der Waals surface area contributed by atoms with Gasteiger partial charge in [-0.1, -0.05) is 35.0 Å². The summed E-state index contributed by atoms with van der Waals surface area (Å²) in [6, 6.07) is 12.9. The fourth-order valence-corrected chi connectivity index (χ4v) is 4.03. The van der Waals surface area contributed by atoms with Crippen LogP contribution in [0.1, 0.15) is 30.1 Å². The molecule has 2 aromatic carbocycles. The van der Waals surface area contributed by atoms with Crippen LogP contribution in [0.3, 0.4) is 0 Å². The van der Waals surface area contributed by atoms with Gasteiger partial charge in [0.05, 0.1) is 26.2 Å². The van der Waals surface area contributed by atoms with Gasteiger partial charge in [-0.15, -0.1) is 0 Å². The molecule has 1 aliphatic rings. The molecule has 0 unspecified atom stereocenters. The van der Waals surface area contributed by atoms with Crippen molar-refractivity contribution in [1.82, 2.24) is 15.0 Å². The molecule has 0 aliphatic carbocycles. The molecule has 1 aromatic heterocycles. The zero-order chi connectivity index (χ0) is 21.8. The van der Waals surface area contributed by atoms with Crippen LogP contribution in [-0.4, -0.2) is 48.3 Å². The van der Waals surface area contributed by atoms with Gasteiger partial charge < -0.3 is 18.9 Å². The van der Waals surface area contributed by atoms with Crippen molar-refractivity contribution in [3.63, 3.8) is 0 Å². The third-order valence-electron chi connectivity index (χ3n) is 5.59. The number of aromatic nitrogens is 2. The number of carbonyl (C=O) groups is 1. The van der Waals surface area contributed by atoms with E-state index in [1.807, 2.05) is 41.3 Å². The van der Waals surface area contributed by atoms with Crippen molar-refractivity contribution in [3.8, 4) is 23.0 Å². The van der Waals surface area contributed by atoms with Crippen LogP contribution in [0.25, 0.3) is 11.5 Å². The summed E-state index contributed by atoms with van der Waals surface area (Å²) < 4.78 is 16.0. The molecule has 31 heavy (non-hydrogen) atoms. The number of hydrogen-bond acceptors (Lipinski definition) is 6. The molecule has 4 rings (SSSR count). The first-order chi connectivity index (χ1) is 15.1. The van der Waals surface area contributed by atoms with Crippen molar-refractivity contribution in [3.05, 3.63) is 58.9 Å². The van der Waals surface area contributed by atoms with Gasteiger partial charge >= 0.3 is 0 Å². The molecule has 0 saturated carbocycles. The molecule has 0 N–H and O–H groups in total. The van der Waals surface area contributed by atoms with Crippen LogP contribution in [-0.2, 0) is 11.2 Å². The van der Waals surface area contributed by atoms with Crippen LogP contribution in [0.15, 0.2) is 47.0 Å². The fourth-order valence-electron chi connectivity index (χ4n) is 3.79. The summed E-state index contributed by atoms with van der Waals surface area (Å²) >= 11 is 6.28. The molecule has 2 heterocycles. The van der Waals surface area contributed by atoms with Gasteiger partial charge in [0.25, 0.3) is 5.89 Å². The van der Waals surface area contributed by atoms with Gasteiger partial charge in [0.2, 0.25) is 5.91 Å². The summed E-state index contributed by atoms with van der Waals surface area (Å²) in [6.45, 7) is 1.30. The highest BCUT2D eigenvalue weighted by Crippen LogP contribution is 2.32. The summed E-state index contributed by atoms with van der Waals surface area (Å²) in [5.74, 6) is 2.70. The summed E-state index contributed by atoms with van der Waals surface area (Å²) in [4.78, 5) is 19.2. The molecule has 3 aromatic rings. The highest BCUT2D eigenvalue weighted by molar-refractivity contribution is 6.31. The Labute approximate surface area is 185 Å². The SMILES string of the molecule is COc1ccc(CC(=O)N2CCC(c3noc(-c4ccccc4OC)n3)CC2)c(Cl)c1. The lowest BCUT2D eigenvalue weighted by atomic mass is 9.95. The first-order valence-corrected chi connectivity index (χ1v) is 10.5. The lowest BCUT2D eigenvalue weighted by molar-refractivity contribution is -0.131. The number of ether oxygens (including phenoxy) is 2. The molecule has 8 heteroatoms. The van der Waals surface area contributed by atoms with E-state index in [0.29, 0.717) is 41.3 Å². The zero-order valence-electron chi connectivity index (χ0n) is 17.5. The molecule has 0 atom stereocenters. The molecule has 1 fully saturated rings. The number of methoxy groups -OCH3 is 2. The lowest BCUT2D eigenvalue weighted by Gasteiger charge is -2.30. The largest absolute Gasteiger partial charge is 0.497 e. The Morgan fingerprint density at radius 1 is 1.16 bits per heavy atom. The smallest absolute Gasteiger partial charge is 0.261 e. The van der Waals surface area contributed by atoms with Crippen molar-refractivity contribution in [2.75, 3.05) is 27.3 Å². The molecule has 1 aliphatic heterocycles. The molecule has 0 bridgehead atoms. The van der Waals surface area contributed by atoms with Gasteiger partial charge in [-0.2, -0.15) is 4.98 Å². The normalized spacial score (nSPS) is 14.5. The van der Waals surface area contributed by atoms with Crippen LogP contribution in [0.2, 0.25) is 5.02 Å². The quantitative estimate of drug-likeness (QED) is 0.565. The number of carbonyl (C=O) groups excluding carboxylic acids is 1. The number of nitrogens with zero attached hydrogens (tertiary/aromatic N) is 3. The van der Waals surface area contributed by atoms with E-state index < -0.39 is 0 Å². The van der Waals surface area contributed by atoms with Gasteiger partial charge in [-0.25, -0.2) is 0 Å². The van der Waals surface area contributed by atoms with Gasteiger partial charge in [0.15, 0.2) is 5.82 Å². The Hall–Kier alpha value is -3.06. The second kappa shape index (κ2) is 9.39. The minimum Gasteiger partial charge on any atom is -0.497 e. The van der Waals surface area contributed by atoms with Gasteiger partial charge in [0, 0.05) is 24.0 Å². The summed E-state index contributed by atoms with van der Waals surface area (Å²) in [6.07, 6.45) is 1.84. The van der Waals surface area contributed by atoms with E-state index in [-0.39, 0.29) is 18.2 Å². The standard InChI is InChI=1S/C23H24ClN3O4/c1-29-17-8-7-16(19(24)14-17)13-21(28)27-11-9-15(10-12-27)22-25-23(31-26-22)18-5-3-4-6-20(18)30-2/h3-8,14-15H,9-13H2,1-2H3. The lowest BCUT2D eigenvalue weighted by Crippen LogP contribution is -2.39. The number of hydrogen-bond donors (Lipinski definition) is 0. The van der Waals surface area contributed by atoms with E-state index in [1.54, 1.807) is 20.3 Å². The average molecular weight is 442 g/mol. The first-order valence-electron chi connectivity index (χ1n) is 10.2. The predicted octanol–water partition coefficient (Wildman–Crippen LogP) is 4.36. The molecule has 0 radical (unpaired) electrons. The second-order valence-electron chi connectivity index (χ2n) is 7.45. The maximum absolute atomic E-state index is 12.7. The van der Waals surface area contributed by atoms with E-state index in [2.05, 4.69) is 10.1 Å². The van der Waals surface area contributed by atoms with Crippen LogP contribution in [0.5, 0.6) is 11.5 Å². The maximum Gasteiger partial charge on any atom is 0.261 e. The maximum atomic E-state index is 12.7. The van der Waals surface area contributed by atoms with E-state index in [1.165, 1.54) is 0 Å². The monoisotopic (exact) mass is 441 g/mol. The Morgan fingerprint density at radius 2 is 1.94 bits per heavy atom.